The average Bonchev–Trinajstić information content (AvgIpc) is 3.33. The SMILES string of the molecule is CC[C@@H](CCc1cnc2ccccc2n1)N(C)C(=O)c1nc(C)ccc1-n1nccn1. The molecule has 0 aliphatic rings. The average molecular weight is 416 g/mol. The first-order chi connectivity index (χ1) is 15.1. The van der Waals surface area contributed by atoms with Crippen molar-refractivity contribution in [1.82, 2.24) is 34.8 Å². The second-order valence-corrected chi connectivity index (χ2v) is 7.51. The zero-order valence-electron chi connectivity index (χ0n) is 17.9. The number of aryl methyl sites for hydroxylation is 2. The molecular weight excluding hydrogens is 390 g/mol. The fraction of sp³-hybridized carbons (Fsp3) is 0.304. The topological polar surface area (TPSA) is 89.7 Å². The van der Waals surface area contributed by atoms with Crippen molar-refractivity contribution in [2.75, 3.05) is 7.05 Å². The van der Waals surface area contributed by atoms with Gasteiger partial charge in [-0.2, -0.15) is 10.2 Å². The van der Waals surface area contributed by atoms with Crippen LogP contribution in [-0.2, 0) is 6.42 Å². The first-order valence-corrected chi connectivity index (χ1v) is 10.4. The molecule has 0 saturated heterocycles. The van der Waals surface area contributed by atoms with Gasteiger partial charge in [-0.25, -0.2) is 9.97 Å². The minimum Gasteiger partial charge on any atom is -0.337 e. The molecule has 1 atom stereocenters. The van der Waals surface area contributed by atoms with E-state index in [1.54, 1.807) is 17.3 Å². The van der Waals surface area contributed by atoms with Crippen LogP contribution >= 0.6 is 0 Å². The molecule has 0 bridgehead atoms. The van der Waals surface area contributed by atoms with Crippen molar-refractivity contribution in [3.05, 3.63) is 72.1 Å². The Labute approximate surface area is 181 Å². The van der Waals surface area contributed by atoms with Gasteiger partial charge in [0.05, 0.1) is 29.1 Å². The number of carbonyl (C=O) groups is 1. The fourth-order valence-corrected chi connectivity index (χ4v) is 3.64. The van der Waals surface area contributed by atoms with E-state index in [0.29, 0.717) is 11.4 Å². The molecule has 0 saturated carbocycles. The van der Waals surface area contributed by atoms with Gasteiger partial charge in [-0.3, -0.25) is 9.78 Å². The molecule has 0 N–H and O–H groups in total. The number of pyridine rings is 1. The van der Waals surface area contributed by atoms with Crippen LogP contribution < -0.4 is 0 Å². The maximum absolute atomic E-state index is 13.4. The van der Waals surface area contributed by atoms with Crippen LogP contribution in [-0.4, -0.2) is 53.8 Å². The number of carbonyl (C=O) groups excluding carboxylic acids is 1. The largest absolute Gasteiger partial charge is 0.337 e. The number of amides is 1. The molecule has 4 aromatic rings. The van der Waals surface area contributed by atoms with Crippen molar-refractivity contribution in [1.29, 1.82) is 0 Å². The van der Waals surface area contributed by atoms with Crippen molar-refractivity contribution in [2.45, 2.75) is 39.2 Å². The van der Waals surface area contributed by atoms with E-state index in [9.17, 15) is 4.79 Å². The van der Waals surface area contributed by atoms with Crippen molar-refractivity contribution >= 4 is 16.9 Å². The van der Waals surface area contributed by atoms with E-state index in [4.69, 9.17) is 4.98 Å². The highest BCUT2D eigenvalue weighted by Crippen LogP contribution is 2.18. The number of hydrogen-bond acceptors (Lipinski definition) is 6. The molecule has 8 heteroatoms. The second-order valence-electron chi connectivity index (χ2n) is 7.51. The molecule has 8 nitrogen and oxygen atoms in total. The van der Waals surface area contributed by atoms with Crippen LogP contribution in [0.2, 0.25) is 0 Å². The van der Waals surface area contributed by atoms with Crippen LogP contribution in [0.3, 0.4) is 0 Å². The zero-order valence-corrected chi connectivity index (χ0v) is 17.9. The molecule has 158 valence electrons. The summed E-state index contributed by atoms with van der Waals surface area (Å²) in [6.07, 6.45) is 7.33. The minimum atomic E-state index is -0.146. The third kappa shape index (κ3) is 4.42. The molecule has 1 amide bonds. The highest BCUT2D eigenvalue weighted by molar-refractivity contribution is 5.95. The number of hydrogen-bond donors (Lipinski definition) is 0. The standard InChI is InChI=1S/C23H25N7O/c1-4-18(11-10-17-15-24-19-7-5-6-8-20(19)28-17)29(3)23(31)22-21(12-9-16(2)27-22)30-25-13-14-26-30/h5-9,12-15,18H,4,10-11H2,1-3H3/t18-/m0/s1. The van der Waals surface area contributed by atoms with E-state index in [0.717, 1.165) is 41.7 Å². The Balaban J connectivity index is 1.52. The number of aromatic nitrogens is 6. The van der Waals surface area contributed by atoms with E-state index < -0.39 is 0 Å². The summed E-state index contributed by atoms with van der Waals surface area (Å²) in [5.74, 6) is -0.146. The Hall–Kier alpha value is -3.68. The second kappa shape index (κ2) is 8.99. The smallest absolute Gasteiger partial charge is 0.274 e. The molecule has 1 aromatic carbocycles. The van der Waals surface area contributed by atoms with E-state index in [1.165, 1.54) is 4.80 Å². The molecule has 0 aliphatic carbocycles. The van der Waals surface area contributed by atoms with Crippen molar-refractivity contribution in [3.63, 3.8) is 0 Å². The lowest BCUT2D eigenvalue weighted by molar-refractivity contribution is 0.0713. The van der Waals surface area contributed by atoms with Crippen LogP contribution in [0.25, 0.3) is 16.7 Å². The molecule has 0 spiro atoms. The van der Waals surface area contributed by atoms with Crippen molar-refractivity contribution < 1.29 is 4.79 Å². The first kappa shape index (κ1) is 20.6. The van der Waals surface area contributed by atoms with Gasteiger partial charge < -0.3 is 4.90 Å². The maximum atomic E-state index is 13.4. The Morgan fingerprint density at radius 2 is 1.81 bits per heavy atom. The summed E-state index contributed by atoms with van der Waals surface area (Å²) in [4.78, 5) is 30.3. The summed E-state index contributed by atoms with van der Waals surface area (Å²) in [6, 6.07) is 11.6. The lowest BCUT2D eigenvalue weighted by Gasteiger charge is -2.27. The Bertz CT molecular complexity index is 1190. The maximum Gasteiger partial charge on any atom is 0.274 e. The minimum absolute atomic E-state index is 0.0431. The number of para-hydroxylation sites is 2. The predicted molar refractivity (Wildman–Crippen MR) is 118 cm³/mol. The summed E-state index contributed by atoms with van der Waals surface area (Å²) in [5.41, 5.74) is 4.39. The Kier molecular flexibility index (Phi) is 5.97. The van der Waals surface area contributed by atoms with Crippen LogP contribution in [0.5, 0.6) is 0 Å². The van der Waals surface area contributed by atoms with Gasteiger partial charge in [0, 0.05) is 25.0 Å². The molecular formula is C23H25N7O. The lowest BCUT2D eigenvalue weighted by Crippen LogP contribution is -2.38. The van der Waals surface area contributed by atoms with Gasteiger partial charge in [0.15, 0.2) is 5.69 Å². The normalized spacial score (nSPS) is 12.1. The fourth-order valence-electron chi connectivity index (χ4n) is 3.64. The van der Waals surface area contributed by atoms with E-state index in [-0.39, 0.29) is 11.9 Å². The zero-order chi connectivity index (χ0) is 21.8. The van der Waals surface area contributed by atoms with Crippen molar-refractivity contribution in [2.24, 2.45) is 0 Å². The van der Waals surface area contributed by atoms with E-state index in [1.807, 2.05) is 56.6 Å². The Morgan fingerprint density at radius 1 is 1.06 bits per heavy atom. The predicted octanol–water partition coefficient (Wildman–Crippen LogP) is 3.40. The summed E-state index contributed by atoms with van der Waals surface area (Å²) in [5, 5.41) is 8.33. The van der Waals surface area contributed by atoms with Gasteiger partial charge in [0.1, 0.15) is 5.69 Å². The molecule has 0 fully saturated rings. The van der Waals surface area contributed by atoms with Gasteiger partial charge in [-0.05, 0) is 50.5 Å². The lowest BCUT2D eigenvalue weighted by atomic mass is 10.0. The van der Waals surface area contributed by atoms with Gasteiger partial charge >= 0.3 is 0 Å². The van der Waals surface area contributed by atoms with Gasteiger partial charge in [0.25, 0.3) is 5.91 Å². The first-order valence-electron chi connectivity index (χ1n) is 10.4. The quantitative estimate of drug-likeness (QED) is 0.460. The number of rotatable bonds is 7. The third-order valence-electron chi connectivity index (χ3n) is 5.42. The molecule has 3 aromatic heterocycles. The molecule has 0 aliphatic heterocycles. The number of nitrogens with zero attached hydrogens (tertiary/aromatic N) is 7. The van der Waals surface area contributed by atoms with Gasteiger partial charge in [-0.15, -0.1) is 4.80 Å². The summed E-state index contributed by atoms with van der Waals surface area (Å²) >= 11 is 0. The van der Waals surface area contributed by atoms with Gasteiger partial charge in [0.2, 0.25) is 0 Å². The summed E-state index contributed by atoms with van der Waals surface area (Å²) in [6.45, 7) is 3.95. The summed E-state index contributed by atoms with van der Waals surface area (Å²) in [7, 11) is 1.83. The molecule has 0 unspecified atom stereocenters. The monoisotopic (exact) mass is 415 g/mol. The van der Waals surface area contributed by atoms with Crippen LogP contribution in [0, 0.1) is 6.92 Å². The highest BCUT2D eigenvalue weighted by Gasteiger charge is 2.24. The molecule has 4 rings (SSSR count). The van der Waals surface area contributed by atoms with Crippen LogP contribution in [0.1, 0.15) is 41.6 Å². The number of fused-ring (bicyclic) bond motifs is 1. The van der Waals surface area contributed by atoms with E-state index >= 15 is 0 Å². The molecule has 0 radical (unpaired) electrons. The third-order valence-corrected chi connectivity index (χ3v) is 5.42. The molecule has 31 heavy (non-hydrogen) atoms. The van der Waals surface area contributed by atoms with Crippen LogP contribution in [0.15, 0.2) is 55.0 Å². The molecule has 3 heterocycles. The van der Waals surface area contributed by atoms with Gasteiger partial charge in [-0.1, -0.05) is 19.1 Å². The number of benzene rings is 1. The Morgan fingerprint density at radius 3 is 2.55 bits per heavy atom. The van der Waals surface area contributed by atoms with E-state index in [2.05, 4.69) is 27.1 Å². The highest BCUT2D eigenvalue weighted by atomic mass is 16.2. The van der Waals surface area contributed by atoms with Crippen LogP contribution in [0.4, 0.5) is 0 Å². The summed E-state index contributed by atoms with van der Waals surface area (Å²) < 4.78 is 0. The van der Waals surface area contributed by atoms with Crippen molar-refractivity contribution in [3.8, 4) is 5.69 Å².